The number of carbonyl (C=O) groups is 2. The Morgan fingerprint density at radius 2 is 1.90 bits per heavy atom. The first-order valence-corrected chi connectivity index (χ1v) is 10.4. The predicted octanol–water partition coefficient (Wildman–Crippen LogP) is 3.36. The average molecular weight is 419 g/mol. The molecule has 31 heavy (non-hydrogen) atoms. The number of aryl methyl sites for hydroxylation is 2. The molecule has 0 fully saturated rings. The molecule has 8 nitrogen and oxygen atoms in total. The Hall–Kier alpha value is -3.55. The topological polar surface area (TPSA) is 93.0 Å². The van der Waals surface area contributed by atoms with Gasteiger partial charge in [0.2, 0.25) is 11.8 Å². The van der Waals surface area contributed by atoms with Crippen molar-refractivity contribution in [2.24, 2.45) is 5.92 Å². The van der Waals surface area contributed by atoms with Gasteiger partial charge in [0.15, 0.2) is 0 Å². The molecule has 0 saturated carbocycles. The Kier molecular flexibility index (Phi) is 5.79. The highest BCUT2D eigenvalue weighted by atomic mass is 16.2. The molecule has 2 amide bonds. The van der Waals surface area contributed by atoms with Crippen molar-refractivity contribution >= 4 is 23.5 Å². The minimum absolute atomic E-state index is 0.0712. The molecule has 0 aliphatic carbocycles. The van der Waals surface area contributed by atoms with Crippen LogP contribution in [0.4, 0.5) is 11.6 Å². The van der Waals surface area contributed by atoms with Crippen LogP contribution in [0, 0.1) is 19.8 Å². The first kappa shape index (κ1) is 20.7. The lowest BCUT2D eigenvalue weighted by Crippen LogP contribution is -2.41. The van der Waals surface area contributed by atoms with E-state index in [1.807, 2.05) is 36.7 Å². The summed E-state index contributed by atoms with van der Waals surface area (Å²) in [4.78, 5) is 35.4. The summed E-state index contributed by atoms with van der Waals surface area (Å²) in [5.41, 5.74) is 3.85. The van der Waals surface area contributed by atoms with Gasteiger partial charge in [-0.1, -0.05) is 6.92 Å². The van der Waals surface area contributed by atoms with E-state index >= 15 is 0 Å². The third kappa shape index (κ3) is 4.79. The van der Waals surface area contributed by atoms with E-state index in [0.29, 0.717) is 18.3 Å². The standard InChI is InChI=1S/C23H26N6O2/c1-15-8-19(11-24-10-15)18-4-5-20(25-12-18)26-21(30)6-7-23(31)28-13-16(2)14-29-22(28)9-17(3)27-29/h4-5,8-12,16H,6-7,13-14H2,1-3H3,(H,25,26,30). The number of nitrogens with zero attached hydrogens (tertiary/aromatic N) is 5. The summed E-state index contributed by atoms with van der Waals surface area (Å²) >= 11 is 0. The quantitative estimate of drug-likeness (QED) is 0.686. The van der Waals surface area contributed by atoms with Crippen LogP contribution in [-0.2, 0) is 16.1 Å². The Morgan fingerprint density at radius 1 is 1.06 bits per heavy atom. The van der Waals surface area contributed by atoms with Crippen LogP contribution >= 0.6 is 0 Å². The van der Waals surface area contributed by atoms with E-state index in [0.717, 1.165) is 34.7 Å². The molecule has 3 aromatic rings. The second kappa shape index (κ2) is 8.67. The Morgan fingerprint density at radius 3 is 2.65 bits per heavy atom. The molecule has 1 N–H and O–H groups in total. The zero-order valence-corrected chi connectivity index (χ0v) is 18.0. The molecule has 0 spiro atoms. The van der Waals surface area contributed by atoms with E-state index in [2.05, 4.69) is 27.3 Å². The average Bonchev–Trinajstić information content (AvgIpc) is 3.11. The smallest absolute Gasteiger partial charge is 0.228 e. The van der Waals surface area contributed by atoms with Gasteiger partial charge in [0.25, 0.3) is 0 Å². The van der Waals surface area contributed by atoms with Gasteiger partial charge in [-0.25, -0.2) is 9.67 Å². The summed E-state index contributed by atoms with van der Waals surface area (Å²) in [6.45, 7) is 7.43. The number of anilines is 2. The van der Waals surface area contributed by atoms with Crippen LogP contribution < -0.4 is 10.2 Å². The van der Waals surface area contributed by atoms with Gasteiger partial charge in [-0.05, 0) is 43.5 Å². The molecule has 1 aliphatic rings. The van der Waals surface area contributed by atoms with Crippen LogP contribution in [0.25, 0.3) is 11.1 Å². The fraction of sp³-hybridized carbons (Fsp3) is 0.348. The fourth-order valence-electron chi connectivity index (χ4n) is 3.78. The van der Waals surface area contributed by atoms with Crippen molar-refractivity contribution < 1.29 is 9.59 Å². The maximum Gasteiger partial charge on any atom is 0.228 e. The largest absolute Gasteiger partial charge is 0.311 e. The van der Waals surface area contributed by atoms with Crippen molar-refractivity contribution in [3.05, 3.63) is 54.1 Å². The number of amides is 2. The van der Waals surface area contributed by atoms with Gasteiger partial charge >= 0.3 is 0 Å². The summed E-state index contributed by atoms with van der Waals surface area (Å²) in [6.07, 6.45) is 5.52. The van der Waals surface area contributed by atoms with Crippen molar-refractivity contribution in [1.29, 1.82) is 0 Å². The van der Waals surface area contributed by atoms with Gasteiger partial charge in [-0.2, -0.15) is 5.10 Å². The van der Waals surface area contributed by atoms with Crippen LogP contribution in [0.1, 0.15) is 31.0 Å². The van der Waals surface area contributed by atoms with E-state index < -0.39 is 0 Å². The monoisotopic (exact) mass is 418 g/mol. The summed E-state index contributed by atoms with van der Waals surface area (Å²) in [6, 6.07) is 7.59. The van der Waals surface area contributed by atoms with E-state index in [1.165, 1.54) is 0 Å². The molecular weight excluding hydrogens is 392 g/mol. The van der Waals surface area contributed by atoms with Gasteiger partial charge < -0.3 is 5.32 Å². The number of rotatable bonds is 5. The molecule has 160 valence electrons. The molecular formula is C23H26N6O2. The zero-order chi connectivity index (χ0) is 22.0. The van der Waals surface area contributed by atoms with Crippen LogP contribution in [-0.4, -0.2) is 38.1 Å². The van der Waals surface area contributed by atoms with Crippen molar-refractivity contribution in [3.8, 4) is 11.1 Å². The molecule has 4 heterocycles. The third-order valence-electron chi connectivity index (χ3n) is 5.24. The second-order valence-electron chi connectivity index (χ2n) is 8.17. The van der Waals surface area contributed by atoms with E-state index in [9.17, 15) is 9.59 Å². The van der Waals surface area contributed by atoms with Gasteiger partial charge in [0.05, 0.1) is 5.69 Å². The number of hydrogen-bond donors (Lipinski definition) is 1. The molecule has 0 bridgehead atoms. The number of carbonyl (C=O) groups excluding carboxylic acids is 2. The zero-order valence-electron chi connectivity index (χ0n) is 18.0. The van der Waals surface area contributed by atoms with E-state index in [4.69, 9.17) is 0 Å². The minimum Gasteiger partial charge on any atom is -0.311 e. The first-order valence-electron chi connectivity index (χ1n) is 10.4. The molecule has 1 aliphatic heterocycles. The van der Waals surface area contributed by atoms with Gasteiger partial charge in [-0.3, -0.25) is 19.5 Å². The van der Waals surface area contributed by atoms with E-state index in [-0.39, 0.29) is 24.7 Å². The van der Waals surface area contributed by atoms with Gasteiger partial charge in [0.1, 0.15) is 11.6 Å². The summed E-state index contributed by atoms with van der Waals surface area (Å²) in [5, 5.41) is 7.22. The van der Waals surface area contributed by atoms with Crippen LogP contribution in [0.15, 0.2) is 42.9 Å². The highest BCUT2D eigenvalue weighted by molar-refractivity contribution is 5.97. The number of aromatic nitrogens is 4. The maximum atomic E-state index is 12.8. The Labute approximate surface area is 181 Å². The molecule has 0 saturated heterocycles. The summed E-state index contributed by atoms with van der Waals surface area (Å²) in [7, 11) is 0. The Bertz CT molecular complexity index is 1110. The highest BCUT2D eigenvalue weighted by Crippen LogP contribution is 2.25. The summed E-state index contributed by atoms with van der Waals surface area (Å²) in [5.74, 6) is 1.28. The predicted molar refractivity (Wildman–Crippen MR) is 119 cm³/mol. The molecule has 0 aromatic carbocycles. The molecule has 0 radical (unpaired) electrons. The molecule has 8 heteroatoms. The normalized spacial score (nSPS) is 15.5. The van der Waals surface area contributed by atoms with Gasteiger partial charge in [0, 0.05) is 61.7 Å². The van der Waals surface area contributed by atoms with E-state index in [1.54, 1.807) is 29.6 Å². The van der Waals surface area contributed by atoms with Crippen LogP contribution in [0.5, 0.6) is 0 Å². The van der Waals surface area contributed by atoms with Crippen molar-refractivity contribution in [2.45, 2.75) is 40.2 Å². The lowest BCUT2D eigenvalue weighted by atomic mass is 10.1. The highest BCUT2D eigenvalue weighted by Gasteiger charge is 2.27. The first-order chi connectivity index (χ1) is 14.9. The maximum absolute atomic E-state index is 12.8. The third-order valence-corrected chi connectivity index (χ3v) is 5.24. The lowest BCUT2D eigenvalue weighted by molar-refractivity contribution is -0.122. The van der Waals surface area contributed by atoms with Crippen molar-refractivity contribution in [2.75, 3.05) is 16.8 Å². The fourth-order valence-corrected chi connectivity index (χ4v) is 3.78. The Balaban J connectivity index is 1.34. The SMILES string of the molecule is Cc1cncc(-c2ccc(NC(=O)CCC(=O)N3CC(C)Cn4nc(C)cc43)nc2)c1. The molecule has 3 aromatic heterocycles. The van der Waals surface area contributed by atoms with Crippen molar-refractivity contribution in [3.63, 3.8) is 0 Å². The number of pyridine rings is 2. The summed E-state index contributed by atoms with van der Waals surface area (Å²) < 4.78 is 1.87. The van der Waals surface area contributed by atoms with Gasteiger partial charge in [-0.15, -0.1) is 0 Å². The molecule has 4 rings (SSSR count). The van der Waals surface area contributed by atoms with Crippen LogP contribution in [0.3, 0.4) is 0 Å². The second-order valence-corrected chi connectivity index (χ2v) is 8.17. The lowest BCUT2D eigenvalue weighted by Gasteiger charge is -2.31. The number of nitrogens with one attached hydrogen (secondary N) is 1. The number of fused-ring (bicyclic) bond motifs is 1. The van der Waals surface area contributed by atoms with Crippen molar-refractivity contribution in [1.82, 2.24) is 19.7 Å². The molecule has 1 atom stereocenters. The number of hydrogen-bond acceptors (Lipinski definition) is 5. The molecule has 1 unspecified atom stereocenters. The minimum atomic E-state index is -0.236. The van der Waals surface area contributed by atoms with Crippen LogP contribution in [0.2, 0.25) is 0 Å².